The number of methoxy groups -OCH3 is 1. The van der Waals surface area contributed by atoms with E-state index in [1.807, 2.05) is 32.0 Å². The fourth-order valence-corrected chi connectivity index (χ4v) is 4.74. The fraction of sp³-hybridized carbons (Fsp3) is 0.238. The number of sulfonamides is 1. The van der Waals surface area contributed by atoms with Gasteiger partial charge in [0.25, 0.3) is 10.0 Å². The molecule has 0 aliphatic carbocycles. The number of anilines is 2. The minimum Gasteiger partial charge on any atom is -0.497 e. The molecule has 2 N–H and O–H groups in total. The van der Waals surface area contributed by atoms with Crippen LogP contribution in [0.25, 0.3) is 0 Å². The van der Waals surface area contributed by atoms with Gasteiger partial charge in [0.05, 0.1) is 17.7 Å². The number of thiazole rings is 1. The molecule has 0 spiro atoms. The van der Waals surface area contributed by atoms with Crippen LogP contribution < -0.4 is 14.8 Å². The Bertz CT molecular complexity index is 1140. The average Bonchev–Trinajstić information content (AvgIpc) is 3.16. The second kappa shape index (κ2) is 9.27. The van der Waals surface area contributed by atoms with Gasteiger partial charge < -0.3 is 10.1 Å². The summed E-state index contributed by atoms with van der Waals surface area (Å²) in [4.78, 5) is 16.7. The summed E-state index contributed by atoms with van der Waals surface area (Å²) in [5, 5.41) is 4.92. The number of ether oxygens (including phenoxy) is 1. The molecule has 0 radical (unpaired) electrons. The summed E-state index contributed by atoms with van der Waals surface area (Å²) in [6.07, 6.45) is 0.666. The predicted molar refractivity (Wildman–Crippen MR) is 119 cm³/mol. The van der Waals surface area contributed by atoms with Crippen molar-refractivity contribution in [3.8, 4) is 5.75 Å². The van der Waals surface area contributed by atoms with Gasteiger partial charge in [-0.1, -0.05) is 12.1 Å². The molecule has 30 heavy (non-hydrogen) atoms. The molecule has 0 fully saturated rings. The van der Waals surface area contributed by atoms with Crippen LogP contribution in [0.15, 0.2) is 52.7 Å². The molecular weight excluding hydrogens is 422 g/mol. The fourth-order valence-electron chi connectivity index (χ4n) is 2.74. The van der Waals surface area contributed by atoms with Crippen LogP contribution >= 0.6 is 11.3 Å². The molecule has 0 aliphatic heterocycles. The molecule has 3 aromatic rings. The lowest BCUT2D eigenvalue weighted by Crippen LogP contribution is -2.14. The number of nitrogens with one attached hydrogen (secondary N) is 2. The molecule has 2 aromatic carbocycles. The van der Waals surface area contributed by atoms with Crippen molar-refractivity contribution < 1.29 is 17.9 Å². The molecule has 0 saturated carbocycles. The lowest BCUT2D eigenvalue weighted by atomic mass is 10.1. The van der Waals surface area contributed by atoms with Gasteiger partial charge in [0.15, 0.2) is 5.13 Å². The Morgan fingerprint density at radius 3 is 2.57 bits per heavy atom. The van der Waals surface area contributed by atoms with Gasteiger partial charge >= 0.3 is 0 Å². The number of benzene rings is 2. The maximum absolute atomic E-state index is 12.5. The van der Waals surface area contributed by atoms with Gasteiger partial charge in [0, 0.05) is 17.5 Å². The first-order valence-corrected chi connectivity index (χ1v) is 11.6. The molecular formula is C21H23N3O4S2. The van der Waals surface area contributed by atoms with Crippen LogP contribution in [0, 0.1) is 13.8 Å². The van der Waals surface area contributed by atoms with Crippen molar-refractivity contribution in [3.63, 3.8) is 0 Å². The zero-order valence-electron chi connectivity index (χ0n) is 16.9. The van der Waals surface area contributed by atoms with Crippen LogP contribution in [0.2, 0.25) is 0 Å². The first-order chi connectivity index (χ1) is 14.3. The largest absolute Gasteiger partial charge is 0.497 e. The first kappa shape index (κ1) is 21.8. The minimum atomic E-state index is -3.74. The minimum absolute atomic E-state index is 0.114. The molecule has 0 bridgehead atoms. The van der Waals surface area contributed by atoms with Crippen molar-refractivity contribution in [2.45, 2.75) is 31.6 Å². The van der Waals surface area contributed by atoms with Crippen molar-refractivity contribution in [2.24, 2.45) is 0 Å². The number of carbonyl (C=O) groups excluding carboxylic acids is 1. The van der Waals surface area contributed by atoms with Crippen LogP contribution in [-0.4, -0.2) is 26.4 Å². The maximum atomic E-state index is 12.5. The van der Waals surface area contributed by atoms with Crippen LogP contribution in [-0.2, 0) is 21.2 Å². The molecule has 0 atom stereocenters. The normalized spacial score (nSPS) is 11.2. The molecule has 1 aromatic heterocycles. The van der Waals surface area contributed by atoms with Crippen molar-refractivity contribution in [3.05, 3.63) is 64.7 Å². The molecule has 0 unspecified atom stereocenters. The zero-order valence-corrected chi connectivity index (χ0v) is 18.6. The second-order valence-electron chi connectivity index (χ2n) is 6.72. The van der Waals surface area contributed by atoms with Crippen molar-refractivity contribution in [1.82, 2.24) is 4.98 Å². The van der Waals surface area contributed by atoms with E-state index in [0.717, 1.165) is 16.8 Å². The van der Waals surface area contributed by atoms with Gasteiger partial charge in [-0.25, -0.2) is 13.4 Å². The number of carbonyl (C=O) groups is 1. The highest BCUT2D eigenvalue weighted by molar-refractivity contribution is 7.93. The third-order valence-corrected chi connectivity index (χ3v) is 6.92. The molecule has 7 nitrogen and oxygen atoms in total. The highest BCUT2D eigenvalue weighted by Gasteiger charge is 2.16. The van der Waals surface area contributed by atoms with Gasteiger partial charge in [0.1, 0.15) is 5.75 Å². The number of nitrogens with zero attached hydrogens (tertiary/aromatic N) is 1. The summed E-state index contributed by atoms with van der Waals surface area (Å²) in [5.41, 5.74) is 3.60. The molecule has 158 valence electrons. The van der Waals surface area contributed by atoms with E-state index in [9.17, 15) is 13.2 Å². The van der Waals surface area contributed by atoms with Crippen LogP contribution in [0.4, 0.5) is 10.8 Å². The van der Waals surface area contributed by atoms with Crippen molar-refractivity contribution in [2.75, 3.05) is 17.1 Å². The highest BCUT2D eigenvalue weighted by Crippen LogP contribution is 2.23. The van der Waals surface area contributed by atoms with E-state index in [0.29, 0.717) is 17.9 Å². The third kappa shape index (κ3) is 5.37. The summed E-state index contributed by atoms with van der Waals surface area (Å²) in [6.45, 7) is 3.96. The summed E-state index contributed by atoms with van der Waals surface area (Å²) in [6, 6.07) is 11.9. The Morgan fingerprint density at radius 2 is 1.87 bits per heavy atom. The van der Waals surface area contributed by atoms with Crippen LogP contribution in [0.3, 0.4) is 0 Å². The SMILES string of the molecule is COc1ccc(S(=O)(=O)Nc2nc(CCC(=O)Nc3cccc(C)c3C)cs2)cc1. The molecule has 1 heterocycles. The lowest BCUT2D eigenvalue weighted by Gasteiger charge is -2.10. The Balaban J connectivity index is 1.58. The summed E-state index contributed by atoms with van der Waals surface area (Å²) in [7, 11) is -2.23. The Kier molecular flexibility index (Phi) is 6.73. The molecule has 3 rings (SSSR count). The van der Waals surface area contributed by atoms with Crippen LogP contribution in [0.1, 0.15) is 23.2 Å². The van der Waals surface area contributed by atoms with E-state index in [-0.39, 0.29) is 22.4 Å². The van der Waals surface area contributed by atoms with Crippen molar-refractivity contribution >= 4 is 38.1 Å². The van der Waals surface area contributed by atoms with Gasteiger partial charge in [-0.2, -0.15) is 0 Å². The van der Waals surface area contributed by atoms with Gasteiger partial charge in [-0.3, -0.25) is 9.52 Å². The Hall–Kier alpha value is -2.91. The zero-order chi connectivity index (χ0) is 21.7. The van der Waals surface area contributed by atoms with Gasteiger partial charge in [0.2, 0.25) is 5.91 Å². The average molecular weight is 446 g/mol. The van der Waals surface area contributed by atoms with E-state index in [1.54, 1.807) is 17.5 Å². The summed E-state index contributed by atoms with van der Waals surface area (Å²) in [5.74, 6) is 0.460. The highest BCUT2D eigenvalue weighted by atomic mass is 32.2. The van der Waals surface area contributed by atoms with E-state index in [4.69, 9.17) is 4.74 Å². The number of amides is 1. The van der Waals surface area contributed by atoms with E-state index in [2.05, 4.69) is 15.0 Å². The number of rotatable bonds is 8. The van der Waals surface area contributed by atoms with E-state index >= 15 is 0 Å². The second-order valence-corrected chi connectivity index (χ2v) is 9.26. The molecule has 0 aliphatic rings. The molecule has 9 heteroatoms. The van der Waals surface area contributed by atoms with E-state index < -0.39 is 10.0 Å². The smallest absolute Gasteiger partial charge is 0.263 e. The Morgan fingerprint density at radius 1 is 1.13 bits per heavy atom. The van der Waals surface area contributed by atoms with Gasteiger partial charge in [-0.15, -0.1) is 11.3 Å². The van der Waals surface area contributed by atoms with Gasteiger partial charge in [-0.05, 0) is 61.7 Å². The number of aromatic nitrogens is 1. The lowest BCUT2D eigenvalue weighted by molar-refractivity contribution is -0.116. The Labute approximate surface area is 180 Å². The van der Waals surface area contributed by atoms with E-state index in [1.165, 1.54) is 30.6 Å². The number of hydrogen-bond acceptors (Lipinski definition) is 6. The third-order valence-electron chi connectivity index (χ3n) is 4.63. The first-order valence-electron chi connectivity index (χ1n) is 9.26. The number of aryl methyl sites for hydroxylation is 2. The van der Waals surface area contributed by atoms with Crippen LogP contribution in [0.5, 0.6) is 5.75 Å². The molecule has 1 amide bonds. The summed E-state index contributed by atoms with van der Waals surface area (Å²) < 4.78 is 32.5. The van der Waals surface area contributed by atoms with Crippen molar-refractivity contribution in [1.29, 1.82) is 0 Å². The summed E-state index contributed by atoms with van der Waals surface area (Å²) >= 11 is 1.18. The standard InChI is InChI=1S/C21H23N3O4S2/c1-14-5-4-6-19(15(14)2)23-20(25)12-7-16-13-29-21(22-16)24-30(26,27)18-10-8-17(28-3)9-11-18/h4-6,8-11,13H,7,12H2,1-3H3,(H,22,24)(H,23,25). The predicted octanol–water partition coefficient (Wildman–Crippen LogP) is 4.14. The maximum Gasteiger partial charge on any atom is 0.263 e. The topological polar surface area (TPSA) is 97.4 Å². The molecule has 0 saturated heterocycles. The quantitative estimate of drug-likeness (QED) is 0.543. The monoisotopic (exact) mass is 445 g/mol. The number of hydrogen-bond donors (Lipinski definition) is 2.